The molecule has 0 N–H and O–H groups in total. The van der Waals surface area contributed by atoms with Crippen LogP contribution in [0.3, 0.4) is 0 Å². The third-order valence-electron chi connectivity index (χ3n) is 6.13. The van der Waals surface area contributed by atoms with Crippen molar-refractivity contribution in [1.82, 2.24) is 23.5 Å². The Kier molecular flexibility index (Phi) is 5.85. The number of carbonyl (C=O) groups excluding carboxylic acids is 1. The van der Waals surface area contributed by atoms with Gasteiger partial charge in [-0.3, -0.25) is 13.8 Å². The number of fused-ring (bicyclic) bond motifs is 3. The lowest BCUT2D eigenvalue weighted by Gasteiger charge is -2.26. The summed E-state index contributed by atoms with van der Waals surface area (Å²) in [5.74, 6) is -1.23. The summed E-state index contributed by atoms with van der Waals surface area (Å²) in [4.78, 5) is 24.8. The molecule has 0 aliphatic carbocycles. The standard InChI is InChI=1S/C23H22FN5O5S/c1-27-21(30)16-7-3-4-8-18(16)29-20(25-26-23(27)29)14-34-22(31)15-9-10-17(24)19(13-15)35(32,33)28-11-5-2-6-12-28/h3-4,7-10,13H,2,5-6,11-12,14H2,1H3. The molecule has 5 rings (SSSR count). The molecule has 10 nitrogen and oxygen atoms in total. The fourth-order valence-corrected chi connectivity index (χ4v) is 5.88. The summed E-state index contributed by atoms with van der Waals surface area (Å²) in [6.45, 7) is 0.327. The second kappa shape index (κ2) is 8.86. The predicted octanol–water partition coefficient (Wildman–Crippen LogP) is 2.25. The van der Waals surface area contributed by atoms with Gasteiger partial charge in [0.2, 0.25) is 15.8 Å². The van der Waals surface area contributed by atoms with Gasteiger partial charge >= 0.3 is 5.97 Å². The van der Waals surface area contributed by atoms with Crippen LogP contribution >= 0.6 is 0 Å². The number of aromatic nitrogens is 4. The van der Waals surface area contributed by atoms with Gasteiger partial charge in [0, 0.05) is 20.1 Å². The van der Waals surface area contributed by atoms with Crippen molar-refractivity contribution in [2.45, 2.75) is 30.8 Å². The van der Waals surface area contributed by atoms with Gasteiger partial charge in [0.15, 0.2) is 12.4 Å². The zero-order valence-electron chi connectivity index (χ0n) is 18.8. The summed E-state index contributed by atoms with van der Waals surface area (Å²) in [6.07, 6.45) is 2.33. The van der Waals surface area contributed by atoms with Crippen molar-refractivity contribution in [2.75, 3.05) is 13.1 Å². The summed E-state index contributed by atoms with van der Waals surface area (Å²) in [6, 6.07) is 10.0. The van der Waals surface area contributed by atoms with Crippen LogP contribution in [0.15, 0.2) is 52.2 Å². The fraction of sp³-hybridized carbons (Fsp3) is 0.304. The Bertz CT molecular complexity index is 1620. The quantitative estimate of drug-likeness (QED) is 0.387. The number of piperidine rings is 1. The third-order valence-corrected chi connectivity index (χ3v) is 8.04. The first kappa shape index (κ1) is 23.1. The van der Waals surface area contributed by atoms with Crippen molar-refractivity contribution in [1.29, 1.82) is 0 Å². The molecule has 1 saturated heterocycles. The van der Waals surface area contributed by atoms with E-state index in [2.05, 4.69) is 10.2 Å². The molecule has 1 aliphatic heterocycles. The highest BCUT2D eigenvalue weighted by atomic mass is 32.2. The van der Waals surface area contributed by atoms with E-state index in [4.69, 9.17) is 4.74 Å². The topological polar surface area (TPSA) is 116 Å². The molecule has 0 radical (unpaired) electrons. The number of sulfonamides is 1. The summed E-state index contributed by atoms with van der Waals surface area (Å²) < 4.78 is 49.9. The largest absolute Gasteiger partial charge is 0.454 e. The van der Waals surface area contributed by atoms with Crippen LogP contribution in [0.2, 0.25) is 0 Å². The number of carbonyl (C=O) groups is 1. The molecular formula is C23H22FN5O5S. The molecule has 2 aromatic heterocycles. The Morgan fingerprint density at radius 1 is 1.09 bits per heavy atom. The van der Waals surface area contributed by atoms with Gasteiger partial charge in [-0.25, -0.2) is 17.6 Å². The number of esters is 1. The molecular weight excluding hydrogens is 477 g/mol. The number of benzene rings is 2. The van der Waals surface area contributed by atoms with Gasteiger partial charge in [0.1, 0.15) is 10.7 Å². The second-order valence-electron chi connectivity index (χ2n) is 8.32. The van der Waals surface area contributed by atoms with E-state index in [1.165, 1.54) is 14.9 Å². The van der Waals surface area contributed by atoms with E-state index >= 15 is 0 Å². The number of ether oxygens (including phenoxy) is 1. The molecule has 0 unspecified atom stereocenters. The fourth-order valence-electron chi connectivity index (χ4n) is 4.27. The van der Waals surface area contributed by atoms with Crippen molar-refractivity contribution < 1.29 is 22.3 Å². The maximum Gasteiger partial charge on any atom is 0.338 e. The van der Waals surface area contributed by atoms with E-state index in [0.717, 1.165) is 18.6 Å². The third kappa shape index (κ3) is 3.98. The molecule has 0 atom stereocenters. The molecule has 3 heterocycles. The minimum atomic E-state index is -4.08. The van der Waals surface area contributed by atoms with Gasteiger partial charge in [0.25, 0.3) is 5.56 Å². The minimum absolute atomic E-state index is 0.104. The van der Waals surface area contributed by atoms with Gasteiger partial charge in [0.05, 0.1) is 16.5 Å². The van der Waals surface area contributed by atoms with Crippen LogP contribution in [-0.4, -0.2) is 50.9 Å². The Balaban J connectivity index is 1.44. The highest BCUT2D eigenvalue weighted by Gasteiger charge is 2.29. The minimum Gasteiger partial charge on any atom is -0.454 e. The maximum absolute atomic E-state index is 14.5. The second-order valence-corrected chi connectivity index (χ2v) is 10.2. The average molecular weight is 500 g/mol. The van der Waals surface area contributed by atoms with E-state index in [0.29, 0.717) is 36.8 Å². The van der Waals surface area contributed by atoms with E-state index in [1.807, 2.05) is 0 Å². The normalized spacial score (nSPS) is 15.0. The molecule has 4 aromatic rings. The maximum atomic E-state index is 14.5. The molecule has 0 saturated carbocycles. The zero-order chi connectivity index (χ0) is 24.7. The first-order valence-corrected chi connectivity index (χ1v) is 12.5. The molecule has 35 heavy (non-hydrogen) atoms. The molecule has 0 amide bonds. The van der Waals surface area contributed by atoms with Crippen LogP contribution in [0.25, 0.3) is 16.7 Å². The van der Waals surface area contributed by atoms with E-state index < -0.39 is 26.7 Å². The average Bonchev–Trinajstić information content (AvgIpc) is 3.31. The van der Waals surface area contributed by atoms with Crippen LogP contribution in [0.1, 0.15) is 35.4 Å². The van der Waals surface area contributed by atoms with Crippen molar-refractivity contribution in [2.24, 2.45) is 7.05 Å². The first-order valence-electron chi connectivity index (χ1n) is 11.1. The number of rotatable bonds is 5. The number of para-hydroxylation sites is 1. The summed E-state index contributed by atoms with van der Waals surface area (Å²) in [5, 5.41) is 8.54. The molecule has 1 aliphatic rings. The molecule has 1 fully saturated rings. The highest BCUT2D eigenvalue weighted by Crippen LogP contribution is 2.24. The number of aryl methyl sites for hydroxylation is 1. The molecule has 2 aromatic carbocycles. The van der Waals surface area contributed by atoms with Crippen LogP contribution in [-0.2, 0) is 28.4 Å². The van der Waals surface area contributed by atoms with Gasteiger partial charge in [-0.05, 0) is 43.2 Å². The predicted molar refractivity (Wildman–Crippen MR) is 124 cm³/mol. The van der Waals surface area contributed by atoms with Gasteiger partial charge in [-0.2, -0.15) is 4.31 Å². The number of nitrogens with zero attached hydrogens (tertiary/aromatic N) is 5. The molecule has 0 spiro atoms. The van der Waals surface area contributed by atoms with Crippen LogP contribution in [0, 0.1) is 5.82 Å². The lowest BCUT2D eigenvalue weighted by molar-refractivity contribution is 0.0461. The molecule has 12 heteroatoms. The monoisotopic (exact) mass is 499 g/mol. The lowest BCUT2D eigenvalue weighted by Crippen LogP contribution is -2.36. The van der Waals surface area contributed by atoms with Crippen molar-refractivity contribution in [3.63, 3.8) is 0 Å². The van der Waals surface area contributed by atoms with Crippen LogP contribution in [0.5, 0.6) is 0 Å². The van der Waals surface area contributed by atoms with Gasteiger partial charge in [-0.15, -0.1) is 10.2 Å². The van der Waals surface area contributed by atoms with Crippen molar-refractivity contribution in [3.8, 4) is 0 Å². The number of halogens is 1. The van der Waals surface area contributed by atoms with Crippen LogP contribution < -0.4 is 5.56 Å². The summed E-state index contributed by atoms with van der Waals surface area (Å²) in [5.41, 5.74) is 0.212. The Morgan fingerprint density at radius 2 is 1.83 bits per heavy atom. The lowest BCUT2D eigenvalue weighted by atomic mass is 10.2. The van der Waals surface area contributed by atoms with E-state index in [-0.39, 0.29) is 29.3 Å². The smallest absolute Gasteiger partial charge is 0.338 e. The number of hydrogen-bond acceptors (Lipinski definition) is 7. The Hall–Kier alpha value is -3.64. The Labute approximate surface area is 199 Å². The van der Waals surface area contributed by atoms with Gasteiger partial charge in [-0.1, -0.05) is 18.6 Å². The SMILES string of the molecule is Cn1c(=O)c2ccccc2n2c(COC(=O)c3ccc(F)c(S(=O)(=O)N4CCCCC4)c3)nnc12. The van der Waals surface area contributed by atoms with Crippen molar-refractivity contribution in [3.05, 3.63) is 70.0 Å². The first-order chi connectivity index (χ1) is 16.8. The molecule has 182 valence electrons. The van der Waals surface area contributed by atoms with Crippen molar-refractivity contribution >= 4 is 32.7 Å². The van der Waals surface area contributed by atoms with E-state index in [9.17, 15) is 22.4 Å². The summed E-state index contributed by atoms with van der Waals surface area (Å²) >= 11 is 0. The van der Waals surface area contributed by atoms with Crippen LogP contribution in [0.4, 0.5) is 4.39 Å². The van der Waals surface area contributed by atoms with Gasteiger partial charge < -0.3 is 4.74 Å². The zero-order valence-corrected chi connectivity index (χ0v) is 19.7. The number of hydrogen-bond donors (Lipinski definition) is 0. The highest BCUT2D eigenvalue weighted by molar-refractivity contribution is 7.89. The molecule has 0 bridgehead atoms. The summed E-state index contributed by atoms with van der Waals surface area (Å²) in [7, 11) is -2.51. The Morgan fingerprint density at radius 3 is 2.60 bits per heavy atom. The van der Waals surface area contributed by atoms with E-state index in [1.54, 1.807) is 35.7 Å².